The summed E-state index contributed by atoms with van der Waals surface area (Å²) in [6.45, 7) is 5.99. The van der Waals surface area contributed by atoms with Crippen LogP contribution in [0.2, 0.25) is 0 Å². The molecule has 2 aliphatic rings. The predicted molar refractivity (Wildman–Crippen MR) is 120 cm³/mol. The molecule has 0 saturated carbocycles. The van der Waals surface area contributed by atoms with E-state index in [0.717, 1.165) is 24.5 Å². The summed E-state index contributed by atoms with van der Waals surface area (Å²) in [4.78, 5) is 43.1. The number of benzene rings is 1. The molecule has 33 heavy (non-hydrogen) atoms. The van der Waals surface area contributed by atoms with Crippen LogP contribution >= 0.6 is 0 Å². The second kappa shape index (κ2) is 10.0. The number of aryl methyl sites for hydroxylation is 1. The molecule has 0 aliphatic carbocycles. The Balaban J connectivity index is 1.18. The average Bonchev–Trinajstić information content (AvgIpc) is 3.45. The van der Waals surface area contributed by atoms with E-state index in [1.165, 1.54) is 0 Å². The van der Waals surface area contributed by atoms with Gasteiger partial charge in [0.25, 0.3) is 5.91 Å². The first-order valence-corrected chi connectivity index (χ1v) is 11.1. The van der Waals surface area contributed by atoms with E-state index in [1.807, 2.05) is 12.1 Å². The lowest BCUT2D eigenvalue weighted by Gasteiger charge is -2.34. The number of rotatable bonds is 7. The lowest BCUT2D eigenvalue weighted by atomic mass is 10.1. The Labute approximate surface area is 192 Å². The summed E-state index contributed by atoms with van der Waals surface area (Å²) >= 11 is 0. The van der Waals surface area contributed by atoms with Crippen molar-refractivity contribution >= 4 is 23.4 Å². The van der Waals surface area contributed by atoms with Gasteiger partial charge in [-0.15, -0.1) is 0 Å². The number of carbonyl (C=O) groups excluding carboxylic acids is 3. The molecular formula is C23H29N5O5. The highest BCUT2D eigenvalue weighted by Crippen LogP contribution is 2.26. The Morgan fingerprint density at radius 3 is 2.55 bits per heavy atom. The number of hydrogen-bond donors (Lipinski definition) is 1. The number of nitrogens with zero attached hydrogens (tertiary/aromatic N) is 4. The van der Waals surface area contributed by atoms with E-state index < -0.39 is 0 Å². The first-order valence-electron chi connectivity index (χ1n) is 11.1. The van der Waals surface area contributed by atoms with Gasteiger partial charge in [-0.2, -0.15) is 0 Å². The number of anilines is 1. The van der Waals surface area contributed by atoms with Gasteiger partial charge in [-0.25, -0.2) is 0 Å². The number of piperazine rings is 1. The standard InChI is InChI=1S/C23H29N5O5/c1-16-13-20(25-33-16)23(31)27-11-9-26(10-12-27)8-7-24-22(30)17-14-21(29)28(15-17)18-3-5-19(32-2)6-4-18/h3-6,13,17H,7-12,14-15H2,1-2H3,(H,24,30). The molecule has 0 spiro atoms. The molecule has 3 heterocycles. The van der Waals surface area contributed by atoms with Crippen LogP contribution in [0.4, 0.5) is 5.69 Å². The van der Waals surface area contributed by atoms with Crippen molar-refractivity contribution < 1.29 is 23.6 Å². The normalized spacial score (nSPS) is 19.1. The Hall–Kier alpha value is -3.40. The molecule has 1 atom stereocenters. The van der Waals surface area contributed by atoms with E-state index in [0.29, 0.717) is 44.2 Å². The van der Waals surface area contributed by atoms with Gasteiger partial charge in [0, 0.05) is 64.0 Å². The molecule has 1 aromatic carbocycles. The zero-order valence-corrected chi connectivity index (χ0v) is 19.0. The number of carbonyl (C=O) groups is 3. The van der Waals surface area contributed by atoms with E-state index in [2.05, 4.69) is 15.4 Å². The summed E-state index contributed by atoms with van der Waals surface area (Å²) in [5.41, 5.74) is 1.10. The topological polar surface area (TPSA) is 108 Å². The fourth-order valence-corrected chi connectivity index (χ4v) is 4.18. The maximum absolute atomic E-state index is 12.6. The van der Waals surface area contributed by atoms with Gasteiger partial charge in [-0.1, -0.05) is 5.16 Å². The van der Waals surface area contributed by atoms with Crippen molar-refractivity contribution in [2.45, 2.75) is 13.3 Å². The smallest absolute Gasteiger partial charge is 0.276 e. The molecule has 0 bridgehead atoms. The molecule has 0 radical (unpaired) electrons. The second-order valence-corrected chi connectivity index (χ2v) is 8.35. The molecule has 2 aliphatic heterocycles. The summed E-state index contributed by atoms with van der Waals surface area (Å²) in [6, 6.07) is 8.90. The Bertz CT molecular complexity index is 997. The van der Waals surface area contributed by atoms with E-state index in [9.17, 15) is 14.4 Å². The molecule has 1 N–H and O–H groups in total. The van der Waals surface area contributed by atoms with Gasteiger partial charge in [0.05, 0.1) is 13.0 Å². The SMILES string of the molecule is COc1ccc(N2CC(C(=O)NCCN3CCN(C(=O)c4cc(C)on4)CC3)CC2=O)cc1. The van der Waals surface area contributed by atoms with Gasteiger partial charge in [0.15, 0.2) is 5.69 Å². The molecule has 2 aromatic rings. The molecular weight excluding hydrogens is 426 g/mol. The van der Waals surface area contributed by atoms with Crippen LogP contribution in [0.1, 0.15) is 22.7 Å². The van der Waals surface area contributed by atoms with Crippen molar-refractivity contribution in [1.82, 2.24) is 20.3 Å². The van der Waals surface area contributed by atoms with Crippen LogP contribution in [0.25, 0.3) is 0 Å². The maximum Gasteiger partial charge on any atom is 0.276 e. The van der Waals surface area contributed by atoms with Crippen LogP contribution in [-0.2, 0) is 9.59 Å². The fraction of sp³-hybridized carbons (Fsp3) is 0.478. The van der Waals surface area contributed by atoms with Gasteiger partial charge in [0.2, 0.25) is 11.8 Å². The first-order chi connectivity index (χ1) is 15.9. The molecule has 10 nitrogen and oxygen atoms in total. The minimum Gasteiger partial charge on any atom is -0.497 e. The number of ether oxygens (including phenoxy) is 1. The molecule has 4 rings (SSSR count). The summed E-state index contributed by atoms with van der Waals surface area (Å²) < 4.78 is 10.1. The Kier molecular flexibility index (Phi) is 6.93. The number of methoxy groups -OCH3 is 1. The van der Waals surface area contributed by atoms with Crippen LogP contribution < -0.4 is 15.0 Å². The number of aromatic nitrogens is 1. The number of nitrogens with one attached hydrogen (secondary N) is 1. The molecule has 3 amide bonds. The third-order valence-electron chi connectivity index (χ3n) is 6.11. The Morgan fingerprint density at radius 2 is 1.91 bits per heavy atom. The molecule has 1 aromatic heterocycles. The monoisotopic (exact) mass is 455 g/mol. The van der Waals surface area contributed by atoms with Gasteiger partial charge in [-0.3, -0.25) is 19.3 Å². The van der Waals surface area contributed by atoms with Crippen LogP contribution in [0.3, 0.4) is 0 Å². The van der Waals surface area contributed by atoms with Crippen LogP contribution in [0, 0.1) is 12.8 Å². The minimum absolute atomic E-state index is 0.0524. The summed E-state index contributed by atoms with van der Waals surface area (Å²) in [7, 11) is 1.59. The van der Waals surface area contributed by atoms with Crippen molar-refractivity contribution in [2.24, 2.45) is 5.92 Å². The van der Waals surface area contributed by atoms with Crippen LogP contribution in [0.15, 0.2) is 34.9 Å². The Morgan fingerprint density at radius 1 is 1.18 bits per heavy atom. The number of hydrogen-bond acceptors (Lipinski definition) is 7. The van der Waals surface area contributed by atoms with Crippen LogP contribution in [0.5, 0.6) is 5.75 Å². The van der Waals surface area contributed by atoms with Gasteiger partial charge < -0.3 is 24.4 Å². The van der Waals surface area contributed by atoms with Crippen molar-refractivity contribution in [3.05, 3.63) is 41.8 Å². The van der Waals surface area contributed by atoms with Gasteiger partial charge in [0.1, 0.15) is 11.5 Å². The molecule has 2 fully saturated rings. The van der Waals surface area contributed by atoms with Gasteiger partial charge in [-0.05, 0) is 31.2 Å². The molecule has 1 unspecified atom stereocenters. The van der Waals surface area contributed by atoms with Crippen molar-refractivity contribution in [3.8, 4) is 5.75 Å². The van der Waals surface area contributed by atoms with E-state index >= 15 is 0 Å². The van der Waals surface area contributed by atoms with E-state index in [-0.39, 0.29) is 30.1 Å². The van der Waals surface area contributed by atoms with E-state index in [1.54, 1.807) is 42.0 Å². The summed E-state index contributed by atoms with van der Waals surface area (Å²) in [5, 5.41) is 6.76. The quantitative estimate of drug-likeness (QED) is 0.661. The predicted octanol–water partition coefficient (Wildman–Crippen LogP) is 0.919. The zero-order valence-electron chi connectivity index (χ0n) is 19.0. The van der Waals surface area contributed by atoms with Crippen molar-refractivity contribution in [3.63, 3.8) is 0 Å². The molecule has 10 heteroatoms. The highest BCUT2D eigenvalue weighted by molar-refractivity contribution is 6.00. The zero-order chi connectivity index (χ0) is 23.4. The fourth-order valence-electron chi connectivity index (χ4n) is 4.18. The minimum atomic E-state index is -0.361. The summed E-state index contributed by atoms with van der Waals surface area (Å²) in [6.07, 6.45) is 0.209. The highest BCUT2D eigenvalue weighted by Gasteiger charge is 2.35. The third-order valence-corrected chi connectivity index (χ3v) is 6.11. The largest absolute Gasteiger partial charge is 0.497 e. The lowest BCUT2D eigenvalue weighted by molar-refractivity contribution is -0.126. The molecule has 176 valence electrons. The highest BCUT2D eigenvalue weighted by atomic mass is 16.5. The first kappa shape index (κ1) is 22.8. The third kappa shape index (κ3) is 5.33. The van der Waals surface area contributed by atoms with Crippen molar-refractivity contribution in [1.29, 1.82) is 0 Å². The lowest BCUT2D eigenvalue weighted by Crippen LogP contribution is -2.50. The van der Waals surface area contributed by atoms with Crippen molar-refractivity contribution in [2.75, 3.05) is 57.8 Å². The van der Waals surface area contributed by atoms with E-state index in [4.69, 9.17) is 9.26 Å². The second-order valence-electron chi connectivity index (χ2n) is 8.35. The molecule has 2 saturated heterocycles. The number of amides is 3. The summed E-state index contributed by atoms with van der Waals surface area (Å²) in [5.74, 6) is 0.701. The van der Waals surface area contributed by atoms with Gasteiger partial charge >= 0.3 is 0 Å². The average molecular weight is 456 g/mol. The van der Waals surface area contributed by atoms with Crippen LogP contribution in [-0.4, -0.2) is 85.6 Å². The maximum atomic E-state index is 12.6.